The van der Waals surface area contributed by atoms with Gasteiger partial charge in [0.15, 0.2) is 10.9 Å². The molecule has 0 atom stereocenters. The van der Waals surface area contributed by atoms with Crippen LogP contribution in [0.15, 0.2) is 57.6 Å². The Labute approximate surface area is 207 Å². The molecule has 4 rings (SSSR count). The Morgan fingerprint density at radius 1 is 1.15 bits per heavy atom. The highest BCUT2D eigenvalue weighted by Crippen LogP contribution is 2.34. The van der Waals surface area contributed by atoms with Gasteiger partial charge in [0.2, 0.25) is 5.82 Å². The van der Waals surface area contributed by atoms with Gasteiger partial charge >= 0.3 is 0 Å². The third kappa shape index (κ3) is 5.18. The predicted octanol–water partition coefficient (Wildman–Crippen LogP) is 5.55. The van der Waals surface area contributed by atoms with E-state index >= 15 is 0 Å². The molecule has 0 spiro atoms. The van der Waals surface area contributed by atoms with E-state index < -0.39 is 0 Å². The Hall–Kier alpha value is -3.11. The minimum atomic E-state index is -0.00602. The van der Waals surface area contributed by atoms with Gasteiger partial charge in [-0.3, -0.25) is 9.36 Å². The number of carbonyl (C=O) groups excluding carboxylic acids is 1. The number of rotatable bonds is 11. The summed E-state index contributed by atoms with van der Waals surface area (Å²) in [5.41, 5.74) is 1.32. The lowest BCUT2D eigenvalue weighted by atomic mass is 10.3. The first-order chi connectivity index (χ1) is 16.7. The smallest absolute Gasteiger partial charge is 0.273 e. The van der Waals surface area contributed by atoms with Gasteiger partial charge in [0.1, 0.15) is 16.5 Å². The number of para-hydroxylation sites is 2. The number of amides is 1. The Morgan fingerprint density at radius 3 is 2.65 bits per heavy atom. The molecule has 0 saturated carbocycles. The van der Waals surface area contributed by atoms with Crippen LogP contribution in [0.1, 0.15) is 42.2 Å². The van der Waals surface area contributed by atoms with Crippen LogP contribution in [0.4, 0.5) is 0 Å². The maximum Gasteiger partial charge on any atom is 0.273 e. The SMILES string of the molecule is CCCN(CCC)C(=O)c1csc(CSc2nnc(-c3ccco3)n2-c2ccccc2OC)n1. The van der Waals surface area contributed by atoms with E-state index in [2.05, 4.69) is 29.0 Å². The van der Waals surface area contributed by atoms with E-state index in [0.29, 0.717) is 33.9 Å². The molecule has 0 aliphatic rings. The number of hydrogen-bond donors (Lipinski definition) is 0. The maximum absolute atomic E-state index is 12.9. The quantitative estimate of drug-likeness (QED) is 0.251. The third-order valence-corrected chi connectivity index (χ3v) is 7.04. The van der Waals surface area contributed by atoms with E-state index in [1.165, 1.54) is 23.1 Å². The van der Waals surface area contributed by atoms with Crippen LogP contribution < -0.4 is 4.74 Å². The summed E-state index contributed by atoms with van der Waals surface area (Å²) >= 11 is 2.99. The molecule has 8 nitrogen and oxygen atoms in total. The number of hydrogen-bond acceptors (Lipinski definition) is 8. The molecule has 0 aliphatic carbocycles. The lowest BCUT2D eigenvalue weighted by Gasteiger charge is -2.20. The van der Waals surface area contributed by atoms with Crippen LogP contribution in [0, 0.1) is 0 Å². The number of aromatic nitrogens is 4. The number of furan rings is 1. The standard InChI is InChI=1S/C24H27N5O3S2/c1-4-12-28(13-5-2)23(30)17-15-33-21(25-17)16-34-24-27-26-22(20-11-8-14-32-20)29(24)18-9-6-7-10-19(18)31-3/h6-11,14-15H,4-5,12-13,16H2,1-3H3. The fourth-order valence-electron chi connectivity index (χ4n) is 3.58. The molecule has 1 aromatic carbocycles. The zero-order valence-electron chi connectivity index (χ0n) is 19.4. The molecular formula is C24H27N5O3S2. The van der Waals surface area contributed by atoms with Crippen LogP contribution in [-0.4, -0.2) is 50.8 Å². The molecule has 0 bridgehead atoms. The third-order valence-electron chi connectivity index (χ3n) is 5.07. The van der Waals surface area contributed by atoms with Crippen molar-refractivity contribution in [2.24, 2.45) is 0 Å². The average Bonchev–Trinajstić information content (AvgIpc) is 3.62. The van der Waals surface area contributed by atoms with Crippen LogP contribution in [-0.2, 0) is 5.75 Å². The van der Waals surface area contributed by atoms with Crippen LogP contribution in [0.25, 0.3) is 17.3 Å². The van der Waals surface area contributed by atoms with Gasteiger partial charge in [-0.2, -0.15) is 0 Å². The second-order valence-electron chi connectivity index (χ2n) is 7.50. The van der Waals surface area contributed by atoms with E-state index in [-0.39, 0.29) is 5.91 Å². The highest BCUT2D eigenvalue weighted by Gasteiger charge is 2.22. The zero-order chi connectivity index (χ0) is 23.9. The van der Waals surface area contributed by atoms with E-state index in [1.54, 1.807) is 13.4 Å². The Bertz CT molecular complexity index is 1210. The average molecular weight is 498 g/mol. The number of ether oxygens (including phenoxy) is 1. The minimum Gasteiger partial charge on any atom is -0.495 e. The van der Waals surface area contributed by atoms with Gasteiger partial charge in [-0.05, 0) is 37.1 Å². The fraction of sp³-hybridized carbons (Fsp3) is 0.333. The highest BCUT2D eigenvalue weighted by molar-refractivity contribution is 7.98. The number of nitrogens with zero attached hydrogens (tertiary/aromatic N) is 5. The van der Waals surface area contributed by atoms with E-state index in [9.17, 15) is 4.79 Å². The molecule has 3 aromatic heterocycles. The summed E-state index contributed by atoms with van der Waals surface area (Å²) in [5.74, 6) is 2.45. The number of methoxy groups -OCH3 is 1. The van der Waals surface area contributed by atoms with Gasteiger partial charge in [-0.25, -0.2) is 4.98 Å². The van der Waals surface area contributed by atoms with Gasteiger partial charge in [0, 0.05) is 18.5 Å². The molecule has 34 heavy (non-hydrogen) atoms. The van der Waals surface area contributed by atoms with Gasteiger partial charge in [0.25, 0.3) is 5.91 Å². The topological polar surface area (TPSA) is 86.3 Å². The van der Waals surface area contributed by atoms with Crippen molar-refractivity contribution in [3.63, 3.8) is 0 Å². The van der Waals surface area contributed by atoms with Crippen molar-refractivity contribution in [2.45, 2.75) is 37.6 Å². The molecule has 0 fully saturated rings. The molecular weight excluding hydrogens is 470 g/mol. The maximum atomic E-state index is 12.9. The molecule has 0 N–H and O–H groups in total. The summed E-state index contributed by atoms with van der Waals surface area (Å²) < 4.78 is 13.1. The molecule has 0 aliphatic heterocycles. The molecule has 1 amide bonds. The molecule has 0 unspecified atom stereocenters. The summed E-state index contributed by atoms with van der Waals surface area (Å²) in [6.45, 7) is 5.64. The van der Waals surface area contributed by atoms with Crippen LogP contribution in [0.5, 0.6) is 5.75 Å². The normalized spacial score (nSPS) is 11.0. The summed E-state index contributed by atoms with van der Waals surface area (Å²) in [7, 11) is 1.64. The van der Waals surface area contributed by atoms with Crippen molar-refractivity contribution in [2.75, 3.05) is 20.2 Å². The zero-order valence-corrected chi connectivity index (χ0v) is 21.1. The lowest BCUT2D eigenvalue weighted by molar-refractivity contribution is 0.0750. The van der Waals surface area contributed by atoms with Crippen molar-refractivity contribution in [3.8, 4) is 23.0 Å². The highest BCUT2D eigenvalue weighted by atomic mass is 32.2. The molecule has 10 heteroatoms. The van der Waals surface area contributed by atoms with Crippen LogP contribution in [0.2, 0.25) is 0 Å². The molecule has 4 aromatic rings. The van der Waals surface area contributed by atoms with Crippen LogP contribution in [0.3, 0.4) is 0 Å². The molecule has 0 radical (unpaired) electrons. The monoisotopic (exact) mass is 497 g/mol. The van der Waals surface area contributed by atoms with Crippen molar-refractivity contribution >= 4 is 29.0 Å². The second kappa shape index (κ2) is 11.3. The Kier molecular flexibility index (Phi) is 8.02. The van der Waals surface area contributed by atoms with Crippen molar-refractivity contribution < 1.29 is 13.9 Å². The van der Waals surface area contributed by atoms with Gasteiger partial charge in [-0.15, -0.1) is 21.5 Å². The van der Waals surface area contributed by atoms with E-state index in [0.717, 1.165) is 36.6 Å². The van der Waals surface area contributed by atoms with Crippen molar-refractivity contribution in [3.05, 3.63) is 58.7 Å². The molecule has 0 saturated heterocycles. The second-order valence-corrected chi connectivity index (χ2v) is 9.38. The van der Waals surface area contributed by atoms with Crippen molar-refractivity contribution in [1.82, 2.24) is 24.6 Å². The number of thiazole rings is 1. The molecule has 178 valence electrons. The first-order valence-electron chi connectivity index (χ1n) is 11.1. The summed E-state index contributed by atoms with van der Waals surface area (Å²) in [5, 5.41) is 12.2. The number of thioether (sulfide) groups is 1. The van der Waals surface area contributed by atoms with Gasteiger partial charge in [0.05, 0.1) is 24.8 Å². The lowest BCUT2D eigenvalue weighted by Crippen LogP contribution is -2.32. The Morgan fingerprint density at radius 2 is 1.94 bits per heavy atom. The van der Waals surface area contributed by atoms with E-state index in [1.807, 2.05) is 51.2 Å². The fourth-order valence-corrected chi connectivity index (χ4v) is 5.31. The molecule has 3 heterocycles. The van der Waals surface area contributed by atoms with Gasteiger partial charge < -0.3 is 14.1 Å². The predicted molar refractivity (Wildman–Crippen MR) is 134 cm³/mol. The number of carbonyl (C=O) groups is 1. The van der Waals surface area contributed by atoms with Crippen molar-refractivity contribution in [1.29, 1.82) is 0 Å². The number of benzene rings is 1. The minimum absolute atomic E-state index is 0.00602. The summed E-state index contributed by atoms with van der Waals surface area (Å²) in [4.78, 5) is 19.4. The van der Waals surface area contributed by atoms with E-state index in [4.69, 9.17) is 9.15 Å². The first-order valence-corrected chi connectivity index (χ1v) is 13.0. The van der Waals surface area contributed by atoms with Crippen LogP contribution >= 0.6 is 23.1 Å². The van der Waals surface area contributed by atoms with Gasteiger partial charge in [-0.1, -0.05) is 37.7 Å². The summed E-state index contributed by atoms with van der Waals surface area (Å²) in [6, 6.07) is 11.4. The Balaban J connectivity index is 1.58. The largest absolute Gasteiger partial charge is 0.495 e. The first kappa shape index (κ1) is 24.0. The summed E-state index contributed by atoms with van der Waals surface area (Å²) in [6.07, 6.45) is 3.46.